The Morgan fingerprint density at radius 2 is 1.89 bits per heavy atom. The van der Waals surface area contributed by atoms with Gasteiger partial charge in [-0.05, 0) is 19.8 Å². The van der Waals surface area contributed by atoms with Gasteiger partial charge in [0.2, 0.25) is 0 Å². The third kappa shape index (κ3) is 2.97. The summed E-state index contributed by atoms with van der Waals surface area (Å²) in [5.74, 6) is 3.09. The standard InChI is InChI=1S/C14H24N4O/c1-9(2)12-16-13(15-4)10(3)14(17-12)18-7-5-11(19)6-8-18/h9,11,19H,5-8H2,1-4H3,(H,15,16,17). The Bertz CT molecular complexity index is 439. The van der Waals surface area contributed by atoms with Crippen LogP contribution in [0.2, 0.25) is 0 Å². The van der Waals surface area contributed by atoms with E-state index in [4.69, 9.17) is 4.98 Å². The van der Waals surface area contributed by atoms with Crippen LogP contribution in [0.5, 0.6) is 0 Å². The summed E-state index contributed by atoms with van der Waals surface area (Å²) < 4.78 is 0. The fraction of sp³-hybridized carbons (Fsp3) is 0.714. The van der Waals surface area contributed by atoms with Gasteiger partial charge in [0, 0.05) is 31.6 Å². The molecule has 2 heterocycles. The first-order valence-corrected chi connectivity index (χ1v) is 7.02. The third-order valence-electron chi connectivity index (χ3n) is 3.65. The summed E-state index contributed by atoms with van der Waals surface area (Å²) in [5, 5.41) is 12.8. The van der Waals surface area contributed by atoms with Gasteiger partial charge >= 0.3 is 0 Å². The highest BCUT2D eigenvalue weighted by Gasteiger charge is 2.22. The Morgan fingerprint density at radius 3 is 2.42 bits per heavy atom. The van der Waals surface area contributed by atoms with Gasteiger partial charge in [0.1, 0.15) is 17.5 Å². The molecule has 1 fully saturated rings. The number of aromatic nitrogens is 2. The molecule has 0 spiro atoms. The monoisotopic (exact) mass is 264 g/mol. The molecule has 1 aliphatic heterocycles. The Kier molecular flexibility index (Phi) is 4.24. The smallest absolute Gasteiger partial charge is 0.137 e. The number of aliphatic hydroxyl groups is 1. The summed E-state index contributed by atoms with van der Waals surface area (Å²) in [6, 6.07) is 0. The number of anilines is 2. The van der Waals surface area contributed by atoms with Crippen molar-refractivity contribution in [1.29, 1.82) is 0 Å². The minimum Gasteiger partial charge on any atom is -0.393 e. The molecule has 1 aromatic heterocycles. The predicted octanol–water partition coefficient (Wildman–Crippen LogP) is 1.91. The predicted molar refractivity (Wildman–Crippen MR) is 77.9 cm³/mol. The average molecular weight is 264 g/mol. The highest BCUT2D eigenvalue weighted by Crippen LogP contribution is 2.27. The van der Waals surface area contributed by atoms with E-state index < -0.39 is 0 Å². The lowest BCUT2D eigenvalue weighted by atomic mass is 10.1. The molecule has 0 aliphatic carbocycles. The van der Waals surface area contributed by atoms with Crippen molar-refractivity contribution in [2.45, 2.75) is 45.6 Å². The van der Waals surface area contributed by atoms with Crippen LogP contribution < -0.4 is 10.2 Å². The maximum Gasteiger partial charge on any atom is 0.137 e. The van der Waals surface area contributed by atoms with Crippen LogP contribution in [0, 0.1) is 6.92 Å². The summed E-state index contributed by atoms with van der Waals surface area (Å²) in [5.41, 5.74) is 1.09. The molecule has 0 radical (unpaired) electrons. The van der Waals surface area contributed by atoms with Crippen LogP contribution in [0.1, 0.15) is 44.0 Å². The van der Waals surface area contributed by atoms with Crippen molar-refractivity contribution in [3.63, 3.8) is 0 Å². The Hall–Kier alpha value is -1.36. The number of nitrogens with one attached hydrogen (secondary N) is 1. The summed E-state index contributed by atoms with van der Waals surface area (Å²) in [7, 11) is 1.89. The Labute approximate surface area is 115 Å². The normalized spacial score (nSPS) is 17.1. The lowest BCUT2D eigenvalue weighted by molar-refractivity contribution is 0.145. The molecule has 0 aromatic carbocycles. The van der Waals surface area contributed by atoms with Gasteiger partial charge in [-0.3, -0.25) is 0 Å². The number of nitrogens with zero attached hydrogens (tertiary/aromatic N) is 3. The van der Waals surface area contributed by atoms with Crippen LogP contribution in [-0.4, -0.2) is 41.3 Å². The molecule has 5 nitrogen and oxygen atoms in total. The van der Waals surface area contributed by atoms with Gasteiger partial charge in [0.15, 0.2) is 0 Å². The maximum absolute atomic E-state index is 9.61. The first kappa shape index (κ1) is 14.1. The largest absolute Gasteiger partial charge is 0.393 e. The quantitative estimate of drug-likeness (QED) is 0.873. The SMILES string of the molecule is CNc1nc(C(C)C)nc(N2CCC(O)CC2)c1C. The van der Waals surface area contributed by atoms with E-state index >= 15 is 0 Å². The van der Waals surface area contributed by atoms with Crippen LogP contribution >= 0.6 is 0 Å². The van der Waals surface area contributed by atoms with E-state index in [0.29, 0.717) is 5.92 Å². The van der Waals surface area contributed by atoms with E-state index in [0.717, 1.165) is 49.0 Å². The summed E-state index contributed by atoms with van der Waals surface area (Å²) in [6.45, 7) is 7.98. The molecule has 2 N–H and O–H groups in total. The first-order valence-electron chi connectivity index (χ1n) is 7.02. The lowest BCUT2D eigenvalue weighted by Crippen LogP contribution is -2.37. The second-order valence-corrected chi connectivity index (χ2v) is 5.50. The number of piperidine rings is 1. The zero-order valence-electron chi connectivity index (χ0n) is 12.3. The van der Waals surface area contributed by atoms with Gasteiger partial charge in [0.05, 0.1) is 6.10 Å². The number of hydrogen-bond donors (Lipinski definition) is 2. The van der Waals surface area contributed by atoms with Crippen molar-refractivity contribution < 1.29 is 5.11 Å². The van der Waals surface area contributed by atoms with Crippen LogP contribution in [0.3, 0.4) is 0 Å². The zero-order valence-corrected chi connectivity index (χ0v) is 12.3. The van der Waals surface area contributed by atoms with Crippen molar-refractivity contribution in [1.82, 2.24) is 9.97 Å². The molecule has 0 amide bonds. The van der Waals surface area contributed by atoms with E-state index in [2.05, 4.69) is 36.0 Å². The number of aliphatic hydroxyl groups excluding tert-OH is 1. The molecular formula is C14H24N4O. The van der Waals surface area contributed by atoms with Crippen LogP contribution in [-0.2, 0) is 0 Å². The fourth-order valence-corrected chi connectivity index (χ4v) is 2.41. The van der Waals surface area contributed by atoms with Crippen LogP contribution in [0.4, 0.5) is 11.6 Å². The molecule has 0 atom stereocenters. The van der Waals surface area contributed by atoms with E-state index in [1.807, 2.05) is 7.05 Å². The molecule has 0 saturated carbocycles. The molecule has 5 heteroatoms. The highest BCUT2D eigenvalue weighted by molar-refractivity contribution is 5.58. The van der Waals surface area contributed by atoms with Gasteiger partial charge in [-0.1, -0.05) is 13.8 Å². The molecular weight excluding hydrogens is 240 g/mol. The number of rotatable bonds is 3. The van der Waals surface area contributed by atoms with Gasteiger partial charge in [-0.15, -0.1) is 0 Å². The topological polar surface area (TPSA) is 61.3 Å². The summed E-state index contributed by atoms with van der Waals surface area (Å²) in [6.07, 6.45) is 1.47. The fourth-order valence-electron chi connectivity index (χ4n) is 2.41. The molecule has 0 unspecified atom stereocenters. The third-order valence-corrected chi connectivity index (χ3v) is 3.65. The summed E-state index contributed by atoms with van der Waals surface area (Å²) >= 11 is 0. The second kappa shape index (κ2) is 5.74. The van der Waals surface area contributed by atoms with E-state index in [1.165, 1.54) is 0 Å². The van der Waals surface area contributed by atoms with Crippen LogP contribution in [0.25, 0.3) is 0 Å². The van der Waals surface area contributed by atoms with Crippen molar-refractivity contribution in [3.05, 3.63) is 11.4 Å². The minimum absolute atomic E-state index is 0.160. The molecule has 0 bridgehead atoms. The second-order valence-electron chi connectivity index (χ2n) is 5.50. The van der Waals surface area contributed by atoms with E-state index in [9.17, 15) is 5.11 Å². The van der Waals surface area contributed by atoms with Crippen molar-refractivity contribution in [3.8, 4) is 0 Å². The number of hydrogen-bond acceptors (Lipinski definition) is 5. The maximum atomic E-state index is 9.61. The lowest BCUT2D eigenvalue weighted by Gasteiger charge is -2.32. The molecule has 2 rings (SSSR count). The molecule has 1 aliphatic rings. The van der Waals surface area contributed by atoms with Crippen molar-refractivity contribution in [2.24, 2.45) is 0 Å². The van der Waals surface area contributed by atoms with E-state index in [-0.39, 0.29) is 6.10 Å². The average Bonchev–Trinajstić information content (AvgIpc) is 2.40. The van der Waals surface area contributed by atoms with E-state index in [1.54, 1.807) is 0 Å². The van der Waals surface area contributed by atoms with Gasteiger partial charge in [-0.2, -0.15) is 0 Å². The molecule has 19 heavy (non-hydrogen) atoms. The van der Waals surface area contributed by atoms with Gasteiger partial charge in [-0.25, -0.2) is 9.97 Å². The molecule has 1 aromatic rings. The van der Waals surface area contributed by atoms with Crippen molar-refractivity contribution in [2.75, 3.05) is 30.4 Å². The minimum atomic E-state index is -0.160. The highest BCUT2D eigenvalue weighted by atomic mass is 16.3. The first-order chi connectivity index (χ1) is 9.02. The van der Waals surface area contributed by atoms with Gasteiger partial charge < -0.3 is 15.3 Å². The molecule has 1 saturated heterocycles. The van der Waals surface area contributed by atoms with Crippen LogP contribution in [0.15, 0.2) is 0 Å². The van der Waals surface area contributed by atoms with Crippen molar-refractivity contribution >= 4 is 11.6 Å². The Balaban J connectivity index is 2.35. The van der Waals surface area contributed by atoms with Gasteiger partial charge in [0.25, 0.3) is 0 Å². The molecule has 106 valence electrons. The Morgan fingerprint density at radius 1 is 1.26 bits per heavy atom. The zero-order chi connectivity index (χ0) is 14.0. The summed E-state index contributed by atoms with van der Waals surface area (Å²) in [4.78, 5) is 11.5.